The van der Waals surface area contributed by atoms with Gasteiger partial charge in [0.1, 0.15) is 11.4 Å². The van der Waals surface area contributed by atoms with Crippen LogP contribution in [0.1, 0.15) is 24.2 Å². The normalized spacial score (nSPS) is 12.5. The van der Waals surface area contributed by atoms with Crippen LogP contribution in [0.15, 0.2) is 54.9 Å². The molecule has 2 aromatic heterocycles. The fourth-order valence-electron chi connectivity index (χ4n) is 2.34. The van der Waals surface area contributed by atoms with Crippen LogP contribution in [0.2, 0.25) is 0 Å². The quantitative estimate of drug-likeness (QED) is 0.780. The smallest absolute Gasteiger partial charge is 0.137 e. The predicted octanol–water partition coefficient (Wildman–Crippen LogP) is 3.19. The van der Waals surface area contributed by atoms with Gasteiger partial charge in [-0.3, -0.25) is 0 Å². The number of pyridine rings is 1. The number of aromatic nitrogens is 2. The van der Waals surface area contributed by atoms with Crippen molar-refractivity contribution in [1.29, 1.82) is 0 Å². The summed E-state index contributed by atoms with van der Waals surface area (Å²) >= 11 is 0. The molecule has 0 saturated heterocycles. The maximum Gasteiger partial charge on any atom is 0.137 e. The summed E-state index contributed by atoms with van der Waals surface area (Å²) < 4.78 is 7.22. The maximum absolute atomic E-state index is 5.18. The second kappa shape index (κ2) is 5.97. The highest BCUT2D eigenvalue weighted by atomic mass is 16.5. The third kappa shape index (κ3) is 3.06. The number of hydrogen-bond donors (Lipinski definition) is 1. The van der Waals surface area contributed by atoms with Crippen LogP contribution in [0.5, 0.6) is 5.75 Å². The molecule has 3 rings (SSSR count). The van der Waals surface area contributed by atoms with Crippen molar-refractivity contribution in [3.63, 3.8) is 0 Å². The van der Waals surface area contributed by atoms with Gasteiger partial charge in [-0.15, -0.1) is 0 Å². The standard InChI is InChI=1S/C17H19N3O/c1-13(14-6-8-16(21-2)9-7-14)18-11-15-12-20-10-4-3-5-17(20)19-15/h3-10,12-13,18H,11H2,1-2H3. The van der Waals surface area contributed by atoms with E-state index in [0.717, 1.165) is 23.6 Å². The fourth-order valence-corrected chi connectivity index (χ4v) is 2.34. The van der Waals surface area contributed by atoms with E-state index in [4.69, 9.17) is 4.74 Å². The summed E-state index contributed by atoms with van der Waals surface area (Å²) in [6, 6.07) is 14.4. The van der Waals surface area contributed by atoms with Crippen molar-refractivity contribution in [3.8, 4) is 5.75 Å². The number of benzene rings is 1. The Bertz CT molecular complexity index is 685. The number of ether oxygens (including phenoxy) is 1. The summed E-state index contributed by atoms with van der Waals surface area (Å²) in [5.74, 6) is 0.881. The Labute approximate surface area is 124 Å². The van der Waals surface area contributed by atoms with Gasteiger partial charge in [-0.25, -0.2) is 4.98 Å². The second-order valence-corrected chi connectivity index (χ2v) is 5.07. The van der Waals surface area contributed by atoms with Gasteiger partial charge in [0.2, 0.25) is 0 Å². The van der Waals surface area contributed by atoms with E-state index >= 15 is 0 Å². The maximum atomic E-state index is 5.18. The minimum Gasteiger partial charge on any atom is -0.497 e. The van der Waals surface area contributed by atoms with Crippen molar-refractivity contribution in [2.24, 2.45) is 0 Å². The predicted molar refractivity (Wildman–Crippen MR) is 83.4 cm³/mol. The molecule has 0 aliphatic heterocycles. The lowest BCUT2D eigenvalue weighted by Gasteiger charge is -2.13. The molecule has 4 heteroatoms. The largest absolute Gasteiger partial charge is 0.497 e. The molecule has 0 amide bonds. The van der Waals surface area contributed by atoms with Gasteiger partial charge < -0.3 is 14.5 Å². The van der Waals surface area contributed by atoms with Crippen LogP contribution in [0.25, 0.3) is 5.65 Å². The van der Waals surface area contributed by atoms with Crippen LogP contribution in [0.4, 0.5) is 0 Å². The first kappa shape index (κ1) is 13.6. The Balaban J connectivity index is 1.65. The molecule has 2 heterocycles. The van der Waals surface area contributed by atoms with Gasteiger partial charge in [0, 0.05) is 25.0 Å². The molecular weight excluding hydrogens is 262 g/mol. The highest BCUT2D eigenvalue weighted by Crippen LogP contribution is 2.17. The number of nitrogens with zero attached hydrogens (tertiary/aromatic N) is 2. The Kier molecular flexibility index (Phi) is 3.88. The van der Waals surface area contributed by atoms with Crippen LogP contribution >= 0.6 is 0 Å². The fraction of sp³-hybridized carbons (Fsp3) is 0.235. The number of nitrogens with one attached hydrogen (secondary N) is 1. The molecule has 0 aliphatic rings. The minimum atomic E-state index is 0.265. The van der Waals surface area contributed by atoms with E-state index in [1.165, 1.54) is 5.56 Å². The number of methoxy groups -OCH3 is 1. The summed E-state index contributed by atoms with van der Waals surface area (Å²) in [5.41, 5.74) is 3.26. The van der Waals surface area contributed by atoms with Gasteiger partial charge in [-0.2, -0.15) is 0 Å². The first-order valence-electron chi connectivity index (χ1n) is 7.06. The van der Waals surface area contributed by atoms with Gasteiger partial charge >= 0.3 is 0 Å². The van der Waals surface area contributed by atoms with Crippen LogP contribution in [-0.2, 0) is 6.54 Å². The zero-order valence-electron chi connectivity index (χ0n) is 12.3. The van der Waals surface area contributed by atoms with Crippen LogP contribution < -0.4 is 10.1 Å². The van der Waals surface area contributed by atoms with E-state index in [2.05, 4.69) is 35.6 Å². The first-order valence-corrected chi connectivity index (χ1v) is 7.06. The molecule has 4 nitrogen and oxygen atoms in total. The molecule has 1 atom stereocenters. The Morgan fingerprint density at radius 3 is 2.71 bits per heavy atom. The summed E-state index contributed by atoms with van der Waals surface area (Å²) in [4.78, 5) is 4.59. The first-order chi connectivity index (χ1) is 10.3. The minimum absolute atomic E-state index is 0.265. The van der Waals surface area contributed by atoms with E-state index in [1.807, 2.05) is 40.9 Å². The molecule has 0 aliphatic carbocycles. The third-order valence-corrected chi connectivity index (χ3v) is 3.62. The molecule has 0 saturated carbocycles. The lowest BCUT2D eigenvalue weighted by molar-refractivity contribution is 0.414. The molecule has 0 spiro atoms. The number of fused-ring (bicyclic) bond motifs is 1. The van der Waals surface area contributed by atoms with Crippen molar-refractivity contribution >= 4 is 5.65 Å². The molecular formula is C17H19N3O. The topological polar surface area (TPSA) is 38.6 Å². The molecule has 108 valence electrons. The van der Waals surface area contributed by atoms with E-state index in [1.54, 1.807) is 7.11 Å². The van der Waals surface area contributed by atoms with Crippen molar-refractivity contribution in [2.75, 3.05) is 7.11 Å². The lowest BCUT2D eigenvalue weighted by Crippen LogP contribution is -2.18. The van der Waals surface area contributed by atoms with Gasteiger partial charge in [-0.1, -0.05) is 18.2 Å². The van der Waals surface area contributed by atoms with E-state index in [0.29, 0.717) is 0 Å². The summed E-state index contributed by atoms with van der Waals surface area (Å²) in [6.45, 7) is 2.90. The van der Waals surface area contributed by atoms with E-state index in [-0.39, 0.29) is 6.04 Å². The number of rotatable bonds is 5. The molecule has 1 unspecified atom stereocenters. The van der Waals surface area contributed by atoms with Crippen LogP contribution in [0.3, 0.4) is 0 Å². The van der Waals surface area contributed by atoms with Crippen LogP contribution in [-0.4, -0.2) is 16.5 Å². The summed E-state index contributed by atoms with van der Waals surface area (Å²) in [5, 5.41) is 3.50. The van der Waals surface area contributed by atoms with Crippen LogP contribution in [0, 0.1) is 0 Å². The molecule has 21 heavy (non-hydrogen) atoms. The Morgan fingerprint density at radius 1 is 1.19 bits per heavy atom. The summed E-state index contributed by atoms with van der Waals surface area (Å²) in [7, 11) is 1.68. The van der Waals surface area contributed by atoms with Gasteiger partial charge in [-0.05, 0) is 36.8 Å². The van der Waals surface area contributed by atoms with E-state index < -0.39 is 0 Å². The molecule has 3 aromatic rings. The van der Waals surface area contributed by atoms with E-state index in [9.17, 15) is 0 Å². The molecule has 1 N–H and O–H groups in total. The second-order valence-electron chi connectivity index (χ2n) is 5.07. The zero-order chi connectivity index (χ0) is 14.7. The Hall–Kier alpha value is -2.33. The zero-order valence-corrected chi connectivity index (χ0v) is 12.3. The average molecular weight is 281 g/mol. The molecule has 1 aromatic carbocycles. The Morgan fingerprint density at radius 2 is 2.00 bits per heavy atom. The van der Waals surface area contributed by atoms with Crippen molar-refractivity contribution in [3.05, 3.63) is 66.1 Å². The highest BCUT2D eigenvalue weighted by Gasteiger charge is 2.07. The van der Waals surface area contributed by atoms with Crippen molar-refractivity contribution < 1.29 is 4.74 Å². The van der Waals surface area contributed by atoms with Crippen molar-refractivity contribution in [2.45, 2.75) is 19.5 Å². The molecule has 0 bridgehead atoms. The summed E-state index contributed by atoms with van der Waals surface area (Å²) in [6.07, 6.45) is 4.07. The number of hydrogen-bond acceptors (Lipinski definition) is 3. The lowest BCUT2D eigenvalue weighted by atomic mass is 10.1. The monoisotopic (exact) mass is 281 g/mol. The van der Waals surface area contributed by atoms with Crippen molar-refractivity contribution in [1.82, 2.24) is 14.7 Å². The molecule has 0 fully saturated rings. The van der Waals surface area contributed by atoms with Gasteiger partial charge in [0.05, 0.1) is 12.8 Å². The average Bonchev–Trinajstić information content (AvgIpc) is 2.95. The molecule has 0 radical (unpaired) electrons. The third-order valence-electron chi connectivity index (χ3n) is 3.62. The highest BCUT2D eigenvalue weighted by molar-refractivity contribution is 5.39. The van der Waals surface area contributed by atoms with Gasteiger partial charge in [0.25, 0.3) is 0 Å². The van der Waals surface area contributed by atoms with Gasteiger partial charge in [0.15, 0.2) is 0 Å². The number of imidazole rings is 1. The SMILES string of the molecule is COc1ccc(C(C)NCc2cn3ccccc3n2)cc1.